The monoisotopic (exact) mass is 365 g/mol. The smallest absolute Gasteiger partial charge is 0.228 e. The van der Waals surface area contributed by atoms with Crippen LogP contribution >= 0.6 is 0 Å². The van der Waals surface area contributed by atoms with E-state index in [1.807, 2.05) is 19.2 Å². The second kappa shape index (κ2) is 7.44. The van der Waals surface area contributed by atoms with Crippen LogP contribution in [0.2, 0.25) is 0 Å². The Balaban J connectivity index is 1.51. The average molecular weight is 365 g/mol. The fraction of sp³-hybridized carbons (Fsp3) is 0.400. The number of oxazole rings is 1. The molecule has 1 saturated carbocycles. The van der Waals surface area contributed by atoms with Gasteiger partial charge in [0.15, 0.2) is 11.7 Å². The van der Waals surface area contributed by atoms with Crippen molar-refractivity contribution in [3.8, 4) is 11.5 Å². The maximum absolute atomic E-state index is 12.6. The molecule has 0 aliphatic heterocycles. The molecule has 0 bridgehead atoms. The zero-order chi connectivity index (χ0) is 18.8. The van der Waals surface area contributed by atoms with Crippen molar-refractivity contribution in [3.05, 3.63) is 36.5 Å². The van der Waals surface area contributed by atoms with Crippen molar-refractivity contribution in [2.45, 2.75) is 38.6 Å². The van der Waals surface area contributed by atoms with Gasteiger partial charge in [0.25, 0.3) is 0 Å². The SMILES string of the molecule is CNC1CCC(C(=O)Nc2cc3nc(-c4cnc(C)o4)ccc3cn2)CC1. The lowest BCUT2D eigenvalue weighted by Crippen LogP contribution is -2.34. The number of fused-ring (bicyclic) bond motifs is 1. The van der Waals surface area contributed by atoms with Crippen LogP contribution in [0.3, 0.4) is 0 Å². The summed E-state index contributed by atoms with van der Waals surface area (Å²) in [5.41, 5.74) is 1.46. The molecule has 0 radical (unpaired) electrons. The van der Waals surface area contributed by atoms with Crippen LogP contribution in [0, 0.1) is 12.8 Å². The number of aromatic nitrogens is 3. The molecule has 0 spiro atoms. The van der Waals surface area contributed by atoms with Gasteiger partial charge in [-0.2, -0.15) is 0 Å². The van der Waals surface area contributed by atoms with E-state index in [1.165, 1.54) is 0 Å². The first kappa shape index (κ1) is 17.6. The predicted octanol–water partition coefficient (Wildman–Crippen LogP) is 3.31. The summed E-state index contributed by atoms with van der Waals surface area (Å²) < 4.78 is 5.55. The summed E-state index contributed by atoms with van der Waals surface area (Å²) in [6.07, 6.45) is 7.25. The van der Waals surface area contributed by atoms with E-state index in [-0.39, 0.29) is 11.8 Å². The van der Waals surface area contributed by atoms with E-state index >= 15 is 0 Å². The third-order valence-corrected chi connectivity index (χ3v) is 5.20. The van der Waals surface area contributed by atoms with Crippen LogP contribution in [0.5, 0.6) is 0 Å². The number of nitrogens with one attached hydrogen (secondary N) is 2. The molecule has 4 rings (SSSR count). The Morgan fingerprint density at radius 3 is 2.67 bits per heavy atom. The average Bonchev–Trinajstić information content (AvgIpc) is 3.14. The molecule has 0 unspecified atom stereocenters. The molecule has 1 aliphatic rings. The minimum absolute atomic E-state index is 0.0402. The van der Waals surface area contributed by atoms with E-state index < -0.39 is 0 Å². The van der Waals surface area contributed by atoms with Gasteiger partial charge in [-0.15, -0.1) is 0 Å². The lowest BCUT2D eigenvalue weighted by Gasteiger charge is -2.27. The first-order valence-electron chi connectivity index (χ1n) is 9.30. The zero-order valence-corrected chi connectivity index (χ0v) is 15.5. The molecule has 27 heavy (non-hydrogen) atoms. The van der Waals surface area contributed by atoms with Crippen molar-refractivity contribution in [2.75, 3.05) is 12.4 Å². The fourth-order valence-electron chi connectivity index (χ4n) is 3.57. The first-order chi connectivity index (χ1) is 13.1. The third kappa shape index (κ3) is 3.83. The molecule has 7 heteroatoms. The highest BCUT2D eigenvalue weighted by atomic mass is 16.4. The van der Waals surface area contributed by atoms with Crippen LogP contribution in [0.4, 0.5) is 5.82 Å². The Kier molecular flexibility index (Phi) is 4.85. The summed E-state index contributed by atoms with van der Waals surface area (Å²) in [4.78, 5) is 25.7. The molecule has 140 valence electrons. The van der Waals surface area contributed by atoms with E-state index in [9.17, 15) is 4.79 Å². The Bertz CT molecular complexity index is 960. The molecule has 0 atom stereocenters. The third-order valence-electron chi connectivity index (χ3n) is 5.20. The van der Waals surface area contributed by atoms with Gasteiger partial charge in [-0.05, 0) is 44.9 Å². The number of carbonyl (C=O) groups excluding carboxylic acids is 1. The van der Waals surface area contributed by atoms with Gasteiger partial charge in [0.2, 0.25) is 5.91 Å². The lowest BCUT2D eigenvalue weighted by atomic mass is 9.85. The maximum Gasteiger partial charge on any atom is 0.228 e. The number of pyridine rings is 2. The number of aryl methyl sites for hydroxylation is 1. The Labute approximate surface area is 157 Å². The van der Waals surface area contributed by atoms with E-state index in [0.29, 0.717) is 29.2 Å². The molecule has 3 heterocycles. The van der Waals surface area contributed by atoms with Crippen molar-refractivity contribution >= 4 is 22.6 Å². The lowest BCUT2D eigenvalue weighted by molar-refractivity contribution is -0.120. The van der Waals surface area contributed by atoms with Crippen molar-refractivity contribution in [1.29, 1.82) is 0 Å². The van der Waals surface area contributed by atoms with E-state index in [1.54, 1.807) is 25.4 Å². The van der Waals surface area contributed by atoms with Gasteiger partial charge in [0.05, 0.1) is 11.7 Å². The van der Waals surface area contributed by atoms with Gasteiger partial charge >= 0.3 is 0 Å². The maximum atomic E-state index is 12.6. The summed E-state index contributed by atoms with van der Waals surface area (Å²) >= 11 is 0. The normalized spacial score (nSPS) is 19.9. The quantitative estimate of drug-likeness (QED) is 0.737. The summed E-state index contributed by atoms with van der Waals surface area (Å²) in [6, 6.07) is 6.14. The number of rotatable bonds is 4. The molecule has 0 saturated heterocycles. The van der Waals surface area contributed by atoms with Crippen LogP contribution in [-0.4, -0.2) is 33.9 Å². The van der Waals surface area contributed by atoms with Crippen molar-refractivity contribution in [2.24, 2.45) is 5.92 Å². The number of anilines is 1. The van der Waals surface area contributed by atoms with E-state index in [2.05, 4.69) is 25.6 Å². The molecule has 3 aromatic rings. The molecule has 3 aromatic heterocycles. The summed E-state index contributed by atoms with van der Waals surface area (Å²) in [5, 5.41) is 7.15. The molecule has 1 aliphatic carbocycles. The topological polar surface area (TPSA) is 92.9 Å². The minimum Gasteiger partial charge on any atom is -0.439 e. The second-order valence-electron chi connectivity index (χ2n) is 7.03. The van der Waals surface area contributed by atoms with Crippen molar-refractivity contribution in [1.82, 2.24) is 20.3 Å². The zero-order valence-electron chi connectivity index (χ0n) is 15.5. The molecule has 7 nitrogen and oxygen atoms in total. The largest absolute Gasteiger partial charge is 0.439 e. The molecule has 0 aromatic carbocycles. The number of nitrogens with zero attached hydrogens (tertiary/aromatic N) is 3. The highest BCUT2D eigenvalue weighted by Gasteiger charge is 2.25. The number of hydrogen-bond acceptors (Lipinski definition) is 6. The Hall–Kier alpha value is -2.80. The van der Waals surface area contributed by atoms with Gasteiger partial charge in [-0.1, -0.05) is 0 Å². The number of amides is 1. The van der Waals surface area contributed by atoms with Crippen LogP contribution in [0.15, 0.2) is 35.0 Å². The molecular formula is C20H23N5O2. The standard InChI is InChI=1S/C20H23N5O2/c1-12-22-11-18(27-12)16-8-5-14-10-23-19(9-17(14)24-16)25-20(26)13-3-6-15(21-2)7-4-13/h5,8-11,13,15,21H,3-4,6-7H2,1-2H3,(H,23,25,26). The van der Waals surface area contributed by atoms with Crippen molar-refractivity contribution in [3.63, 3.8) is 0 Å². The number of carbonyl (C=O) groups is 1. The molecule has 1 fully saturated rings. The van der Waals surface area contributed by atoms with Gasteiger partial charge in [-0.3, -0.25) is 4.79 Å². The number of hydrogen-bond donors (Lipinski definition) is 2. The van der Waals surface area contributed by atoms with Crippen LogP contribution in [0.25, 0.3) is 22.4 Å². The van der Waals surface area contributed by atoms with Crippen LogP contribution in [-0.2, 0) is 4.79 Å². The van der Waals surface area contributed by atoms with Crippen LogP contribution < -0.4 is 10.6 Å². The molecule has 1 amide bonds. The Morgan fingerprint density at radius 1 is 1.15 bits per heavy atom. The first-order valence-corrected chi connectivity index (χ1v) is 9.30. The molecular weight excluding hydrogens is 342 g/mol. The summed E-state index contributed by atoms with van der Waals surface area (Å²) in [6.45, 7) is 1.80. The Morgan fingerprint density at radius 2 is 1.96 bits per heavy atom. The van der Waals surface area contributed by atoms with Crippen LogP contribution in [0.1, 0.15) is 31.6 Å². The summed E-state index contributed by atoms with van der Waals surface area (Å²) in [5.74, 6) is 1.84. The second-order valence-corrected chi connectivity index (χ2v) is 7.03. The predicted molar refractivity (Wildman–Crippen MR) is 103 cm³/mol. The van der Waals surface area contributed by atoms with Crippen molar-refractivity contribution < 1.29 is 9.21 Å². The fourth-order valence-corrected chi connectivity index (χ4v) is 3.57. The highest BCUT2D eigenvalue weighted by molar-refractivity contribution is 5.93. The minimum atomic E-state index is 0.0402. The van der Waals surface area contributed by atoms with E-state index in [4.69, 9.17) is 4.42 Å². The van der Waals surface area contributed by atoms with Gasteiger partial charge in [-0.25, -0.2) is 15.0 Å². The van der Waals surface area contributed by atoms with Gasteiger partial charge in [0.1, 0.15) is 11.5 Å². The van der Waals surface area contributed by atoms with E-state index in [0.717, 1.165) is 36.6 Å². The van der Waals surface area contributed by atoms with Gasteiger partial charge < -0.3 is 15.1 Å². The molecule has 2 N–H and O–H groups in total. The summed E-state index contributed by atoms with van der Waals surface area (Å²) in [7, 11) is 1.98. The van der Waals surface area contributed by atoms with Gasteiger partial charge in [0, 0.05) is 36.5 Å². The highest BCUT2D eigenvalue weighted by Crippen LogP contribution is 2.26.